The number of carbonyl (C=O) groups excluding carboxylic acids is 1. The van der Waals surface area contributed by atoms with E-state index >= 15 is 0 Å². The second-order valence-electron chi connectivity index (χ2n) is 7.12. The Bertz CT molecular complexity index is 697. The van der Waals surface area contributed by atoms with Crippen LogP contribution in [0, 0.1) is 5.41 Å². The monoisotopic (exact) mass is 342 g/mol. The quantitative estimate of drug-likeness (QED) is 0.380. The van der Waals surface area contributed by atoms with Crippen LogP contribution in [0.4, 0.5) is 0 Å². The first-order chi connectivity index (χ1) is 11.3. The lowest BCUT2D eigenvalue weighted by molar-refractivity contribution is -0.136. The number of ether oxygens (including phenoxy) is 1. The van der Waals surface area contributed by atoms with Crippen molar-refractivity contribution in [3.05, 3.63) is 48.0 Å². The van der Waals surface area contributed by atoms with Crippen LogP contribution in [0.2, 0.25) is 0 Å². The molecule has 0 saturated heterocycles. The molecule has 2 nitrogen and oxygen atoms in total. The van der Waals surface area contributed by atoms with Crippen LogP contribution < -0.4 is 4.74 Å². The van der Waals surface area contributed by atoms with Gasteiger partial charge in [0.25, 0.3) is 0 Å². The largest absolute Gasteiger partial charge is 0.426 e. The van der Waals surface area contributed by atoms with Gasteiger partial charge in [0.15, 0.2) is 0 Å². The number of hydrogen-bond acceptors (Lipinski definition) is 3. The minimum atomic E-state index is -0.186. The number of rotatable bonds is 5. The predicted molar refractivity (Wildman–Crippen MR) is 103 cm³/mol. The zero-order valence-electron chi connectivity index (χ0n) is 15.2. The molecule has 0 aliphatic heterocycles. The van der Waals surface area contributed by atoms with Gasteiger partial charge >= 0.3 is 5.97 Å². The van der Waals surface area contributed by atoms with Gasteiger partial charge in [0, 0.05) is 10.5 Å². The molecule has 0 unspecified atom stereocenters. The first-order valence-corrected chi connectivity index (χ1v) is 9.53. The molecule has 3 heteroatoms. The molecule has 0 aliphatic rings. The van der Waals surface area contributed by atoms with Gasteiger partial charge in [-0.05, 0) is 53.5 Å². The van der Waals surface area contributed by atoms with Crippen LogP contribution >= 0.6 is 11.8 Å². The van der Waals surface area contributed by atoms with E-state index in [1.807, 2.05) is 32.9 Å². The van der Waals surface area contributed by atoms with Crippen LogP contribution in [0.3, 0.4) is 0 Å². The molecule has 0 atom stereocenters. The number of esters is 1. The first kappa shape index (κ1) is 18.6. The van der Waals surface area contributed by atoms with Gasteiger partial charge in [0.2, 0.25) is 0 Å². The molecule has 2 rings (SSSR count). The molecular formula is C21H26O2S. The Kier molecular flexibility index (Phi) is 6.11. The summed E-state index contributed by atoms with van der Waals surface area (Å²) in [6.45, 7) is 8.24. The molecule has 24 heavy (non-hydrogen) atoms. The van der Waals surface area contributed by atoms with Crippen molar-refractivity contribution in [2.45, 2.75) is 45.4 Å². The SMILES string of the molecule is CCc1ccc(OC(=O)CC(C)(C)C)c(-c2ccc(SC)cc2)c1. The molecule has 0 N–H and O–H groups in total. The summed E-state index contributed by atoms with van der Waals surface area (Å²) in [6, 6.07) is 14.4. The Balaban J connectivity index is 2.35. The molecule has 0 saturated carbocycles. The molecule has 2 aromatic rings. The van der Waals surface area contributed by atoms with E-state index < -0.39 is 0 Å². The lowest BCUT2D eigenvalue weighted by Crippen LogP contribution is -2.18. The molecule has 2 aromatic carbocycles. The summed E-state index contributed by atoms with van der Waals surface area (Å²) in [5, 5.41) is 0. The second-order valence-corrected chi connectivity index (χ2v) is 8.00. The summed E-state index contributed by atoms with van der Waals surface area (Å²) in [5.41, 5.74) is 3.20. The van der Waals surface area contributed by atoms with E-state index in [9.17, 15) is 4.79 Å². The van der Waals surface area contributed by atoms with Crippen molar-refractivity contribution < 1.29 is 9.53 Å². The average Bonchev–Trinajstić information content (AvgIpc) is 2.53. The molecule has 0 aromatic heterocycles. The molecule has 0 amide bonds. The van der Waals surface area contributed by atoms with Gasteiger partial charge in [-0.15, -0.1) is 11.8 Å². The number of hydrogen-bond donors (Lipinski definition) is 0. The molecule has 0 heterocycles. The van der Waals surface area contributed by atoms with Crippen LogP contribution in [-0.2, 0) is 11.2 Å². The van der Waals surface area contributed by atoms with Crippen molar-refractivity contribution in [1.82, 2.24) is 0 Å². The summed E-state index contributed by atoms with van der Waals surface area (Å²) in [6.07, 6.45) is 3.41. The van der Waals surface area contributed by atoms with Gasteiger partial charge in [0.05, 0.1) is 6.42 Å². The molecule has 0 spiro atoms. The number of carbonyl (C=O) groups is 1. The van der Waals surface area contributed by atoms with E-state index in [0.717, 1.165) is 17.5 Å². The molecular weight excluding hydrogens is 316 g/mol. The Morgan fingerprint density at radius 1 is 1.08 bits per heavy atom. The second kappa shape index (κ2) is 7.89. The molecule has 0 bridgehead atoms. The van der Waals surface area contributed by atoms with E-state index in [1.54, 1.807) is 11.8 Å². The summed E-state index contributed by atoms with van der Waals surface area (Å²) >= 11 is 1.72. The maximum Gasteiger partial charge on any atom is 0.311 e. The van der Waals surface area contributed by atoms with Gasteiger partial charge in [-0.25, -0.2) is 0 Å². The van der Waals surface area contributed by atoms with Crippen LogP contribution in [-0.4, -0.2) is 12.2 Å². The first-order valence-electron chi connectivity index (χ1n) is 8.30. The standard InChI is InChI=1S/C21H26O2S/c1-6-15-7-12-19(23-20(22)14-21(2,3)4)18(13-15)16-8-10-17(24-5)11-9-16/h7-13H,6,14H2,1-5H3. The van der Waals surface area contributed by atoms with Crippen molar-refractivity contribution >= 4 is 17.7 Å². The molecule has 128 valence electrons. The summed E-state index contributed by atoms with van der Waals surface area (Å²) in [7, 11) is 0. The van der Waals surface area contributed by atoms with Gasteiger partial charge in [-0.2, -0.15) is 0 Å². The van der Waals surface area contributed by atoms with Gasteiger partial charge in [-0.1, -0.05) is 45.9 Å². The van der Waals surface area contributed by atoms with Crippen LogP contribution in [0.1, 0.15) is 39.7 Å². The van der Waals surface area contributed by atoms with Crippen molar-refractivity contribution in [2.75, 3.05) is 6.26 Å². The summed E-state index contributed by atoms with van der Waals surface area (Å²) < 4.78 is 5.69. The Morgan fingerprint density at radius 3 is 2.29 bits per heavy atom. The van der Waals surface area contributed by atoms with Crippen molar-refractivity contribution in [2.24, 2.45) is 5.41 Å². The summed E-state index contributed by atoms with van der Waals surface area (Å²) in [4.78, 5) is 13.5. The fraction of sp³-hybridized carbons (Fsp3) is 0.381. The lowest BCUT2D eigenvalue weighted by Gasteiger charge is -2.18. The highest BCUT2D eigenvalue weighted by Crippen LogP contribution is 2.33. The van der Waals surface area contributed by atoms with E-state index in [2.05, 4.69) is 43.5 Å². The zero-order chi connectivity index (χ0) is 17.7. The molecule has 0 aliphatic carbocycles. The number of aryl methyl sites for hydroxylation is 1. The highest BCUT2D eigenvalue weighted by atomic mass is 32.2. The molecule has 0 fully saturated rings. The Hall–Kier alpha value is -1.74. The van der Waals surface area contributed by atoms with Crippen LogP contribution in [0.25, 0.3) is 11.1 Å². The minimum Gasteiger partial charge on any atom is -0.426 e. The Morgan fingerprint density at radius 2 is 1.75 bits per heavy atom. The van der Waals surface area contributed by atoms with Crippen molar-refractivity contribution in [3.63, 3.8) is 0 Å². The highest BCUT2D eigenvalue weighted by Gasteiger charge is 2.19. The maximum absolute atomic E-state index is 12.2. The van der Waals surface area contributed by atoms with E-state index in [-0.39, 0.29) is 11.4 Å². The predicted octanol–water partition coefficient (Wildman–Crippen LogP) is 5.98. The maximum atomic E-state index is 12.2. The summed E-state index contributed by atoms with van der Waals surface area (Å²) in [5.74, 6) is 0.451. The third kappa shape index (κ3) is 5.13. The fourth-order valence-electron chi connectivity index (χ4n) is 2.47. The van der Waals surface area contributed by atoms with Crippen LogP contribution in [0.15, 0.2) is 47.4 Å². The van der Waals surface area contributed by atoms with E-state index in [0.29, 0.717) is 12.2 Å². The van der Waals surface area contributed by atoms with Crippen molar-refractivity contribution in [1.29, 1.82) is 0 Å². The van der Waals surface area contributed by atoms with Crippen LogP contribution in [0.5, 0.6) is 5.75 Å². The minimum absolute atomic E-state index is 0.0827. The third-order valence-corrected chi connectivity index (χ3v) is 4.50. The highest BCUT2D eigenvalue weighted by molar-refractivity contribution is 7.98. The van der Waals surface area contributed by atoms with Crippen molar-refractivity contribution in [3.8, 4) is 16.9 Å². The van der Waals surface area contributed by atoms with Gasteiger partial charge in [0.1, 0.15) is 5.75 Å². The zero-order valence-corrected chi connectivity index (χ0v) is 16.0. The van der Waals surface area contributed by atoms with E-state index in [4.69, 9.17) is 4.74 Å². The number of thioether (sulfide) groups is 1. The smallest absolute Gasteiger partial charge is 0.311 e. The molecule has 0 radical (unpaired) electrons. The van der Waals surface area contributed by atoms with E-state index in [1.165, 1.54) is 10.5 Å². The Labute approximate surface area is 149 Å². The fourth-order valence-corrected chi connectivity index (χ4v) is 2.88. The normalized spacial score (nSPS) is 11.4. The third-order valence-electron chi connectivity index (χ3n) is 3.75. The lowest BCUT2D eigenvalue weighted by atomic mass is 9.92. The average molecular weight is 343 g/mol. The topological polar surface area (TPSA) is 26.3 Å². The number of benzene rings is 2. The van der Waals surface area contributed by atoms with Gasteiger partial charge in [-0.3, -0.25) is 4.79 Å². The van der Waals surface area contributed by atoms with Gasteiger partial charge < -0.3 is 4.74 Å².